The van der Waals surface area contributed by atoms with Gasteiger partial charge in [0, 0.05) is 3.57 Å². The molecule has 1 heteroatoms. The van der Waals surface area contributed by atoms with Crippen molar-refractivity contribution in [2.24, 2.45) is 17.8 Å². The predicted octanol–water partition coefficient (Wildman–Crippen LogP) is 5.89. The molecule has 1 aromatic rings. The summed E-state index contributed by atoms with van der Waals surface area (Å²) in [6.45, 7) is 13.9. The van der Waals surface area contributed by atoms with Crippen molar-refractivity contribution in [2.45, 2.75) is 60.8 Å². The fourth-order valence-corrected chi connectivity index (χ4v) is 3.42. The molecule has 108 valence electrons. The molecule has 19 heavy (non-hydrogen) atoms. The van der Waals surface area contributed by atoms with E-state index in [1.54, 1.807) is 16.7 Å². The molecule has 0 aliphatic carbocycles. The fourth-order valence-electron chi connectivity index (χ4n) is 2.67. The number of hydrogen-bond acceptors (Lipinski definition) is 0. The van der Waals surface area contributed by atoms with Crippen LogP contribution in [-0.2, 0) is 19.3 Å². The molecule has 0 spiro atoms. The van der Waals surface area contributed by atoms with E-state index in [0.29, 0.717) is 0 Å². The molecule has 1 aromatic carbocycles. The summed E-state index contributed by atoms with van der Waals surface area (Å²) >= 11 is 2.47. The van der Waals surface area contributed by atoms with Crippen LogP contribution in [0.5, 0.6) is 0 Å². The van der Waals surface area contributed by atoms with Crippen LogP contribution in [0.3, 0.4) is 0 Å². The molecule has 0 heterocycles. The van der Waals surface area contributed by atoms with Gasteiger partial charge in [-0.05, 0) is 88.4 Å². The lowest BCUT2D eigenvalue weighted by Gasteiger charge is -2.20. The highest BCUT2D eigenvalue weighted by Gasteiger charge is 2.14. The predicted molar refractivity (Wildman–Crippen MR) is 94.8 cm³/mol. The zero-order valence-electron chi connectivity index (χ0n) is 13.4. The lowest BCUT2D eigenvalue weighted by atomic mass is 9.86. The van der Waals surface area contributed by atoms with Gasteiger partial charge in [-0.2, -0.15) is 0 Å². The van der Waals surface area contributed by atoms with Crippen LogP contribution in [-0.4, -0.2) is 0 Å². The molecule has 0 radical (unpaired) electrons. The molecule has 0 aromatic heterocycles. The molecule has 0 fully saturated rings. The van der Waals surface area contributed by atoms with Gasteiger partial charge < -0.3 is 0 Å². The van der Waals surface area contributed by atoms with Crippen molar-refractivity contribution in [3.8, 4) is 0 Å². The maximum absolute atomic E-state index is 2.47. The van der Waals surface area contributed by atoms with Gasteiger partial charge >= 0.3 is 0 Å². The highest BCUT2D eigenvalue weighted by molar-refractivity contribution is 14.1. The van der Waals surface area contributed by atoms with Crippen molar-refractivity contribution in [3.63, 3.8) is 0 Å². The molecule has 0 nitrogen and oxygen atoms in total. The minimum atomic E-state index is 0.732. The molecular weight excluding hydrogens is 343 g/mol. The van der Waals surface area contributed by atoms with Gasteiger partial charge in [-0.25, -0.2) is 0 Å². The Morgan fingerprint density at radius 1 is 0.737 bits per heavy atom. The zero-order chi connectivity index (χ0) is 14.6. The van der Waals surface area contributed by atoms with Crippen molar-refractivity contribution in [1.29, 1.82) is 0 Å². The van der Waals surface area contributed by atoms with Gasteiger partial charge in [0.1, 0.15) is 0 Å². The lowest BCUT2D eigenvalue weighted by molar-refractivity contribution is 0.596. The van der Waals surface area contributed by atoms with E-state index in [1.807, 2.05) is 0 Å². The van der Waals surface area contributed by atoms with E-state index in [1.165, 1.54) is 22.8 Å². The number of benzene rings is 1. The Morgan fingerprint density at radius 2 is 1.11 bits per heavy atom. The Labute approximate surface area is 133 Å². The van der Waals surface area contributed by atoms with Crippen LogP contribution in [0.15, 0.2) is 12.1 Å². The maximum atomic E-state index is 2.47. The topological polar surface area (TPSA) is 0 Å². The van der Waals surface area contributed by atoms with Gasteiger partial charge in [0.05, 0.1) is 0 Å². The summed E-state index contributed by atoms with van der Waals surface area (Å²) < 4.78 is 1.40. The molecule has 0 amide bonds. The van der Waals surface area contributed by atoms with Crippen LogP contribution in [0.4, 0.5) is 0 Å². The third-order valence-electron chi connectivity index (χ3n) is 3.27. The molecule has 0 atom stereocenters. The van der Waals surface area contributed by atoms with Crippen LogP contribution >= 0.6 is 22.6 Å². The molecule has 0 unspecified atom stereocenters. The monoisotopic (exact) mass is 372 g/mol. The van der Waals surface area contributed by atoms with E-state index in [4.69, 9.17) is 0 Å². The van der Waals surface area contributed by atoms with Crippen LogP contribution in [0.2, 0.25) is 0 Å². The molecule has 0 saturated heterocycles. The van der Waals surface area contributed by atoms with Gasteiger partial charge in [0.25, 0.3) is 0 Å². The van der Waals surface area contributed by atoms with Gasteiger partial charge in [-0.1, -0.05) is 41.5 Å². The SMILES string of the molecule is CC(C)Cc1cc(I)cc(CC(C)C)c1CC(C)C. The van der Waals surface area contributed by atoms with Gasteiger partial charge in [-0.3, -0.25) is 0 Å². The van der Waals surface area contributed by atoms with Crippen LogP contribution in [0.1, 0.15) is 58.2 Å². The second-order valence-corrected chi connectivity index (χ2v) is 8.24. The number of halogens is 1. The normalized spacial score (nSPS) is 11.9. The quantitative estimate of drug-likeness (QED) is 0.547. The average molecular weight is 372 g/mol. The van der Waals surface area contributed by atoms with E-state index >= 15 is 0 Å². The van der Waals surface area contributed by atoms with E-state index in [9.17, 15) is 0 Å². The highest BCUT2D eigenvalue weighted by atomic mass is 127. The molecular formula is C18H29I. The van der Waals surface area contributed by atoms with Gasteiger partial charge in [0.2, 0.25) is 0 Å². The summed E-state index contributed by atoms with van der Waals surface area (Å²) in [4.78, 5) is 0. The summed E-state index contributed by atoms with van der Waals surface area (Å²) in [5.74, 6) is 2.20. The minimum absolute atomic E-state index is 0.732. The van der Waals surface area contributed by atoms with Crippen LogP contribution < -0.4 is 0 Å². The van der Waals surface area contributed by atoms with E-state index in [-0.39, 0.29) is 0 Å². The highest BCUT2D eigenvalue weighted by Crippen LogP contribution is 2.26. The van der Waals surface area contributed by atoms with Crippen molar-refractivity contribution in [3.05, 3.63) is 32.4 Å². The summed E-state index contributed by atoms with van der Waals surface area (Å²) in [5.41, 5.74) is 4.82. The second kappa shape index (κ2) is 7.66. The van der Waals surface area contributed by atoms with Crippen LogP contribution in [0, 0.1) is 21.3 Å². The third-order valence-corrected chi connectivity index (χ3v) is 3.89. The number of hydrogen-bond donors (Lipinski definition) is 0. The molecule has 0 aliphatic heterocycles. The molecule has 0 saturated carbocycles. The standard InChI is InChI=1S/C18H29I/c1-12(2)7-15-10-17(19)11-16(8-13(3)4)18(15)9-14(5)6/h10-14H,7-9H2,1-6H3. The molecule has 0 N–H and O–H groups in total. The van der Waals surface area contributed by atoms with Gasteiger partial charge in [-0.15, -0.1) is 0 Å². The van der Waals surface area contributed by atoms with Crippen molar-refractivity contribution in [1.82, 2.24) is 0 Å². The Morgan fingerprint density at radius 3 is 1.42 bits per heavy atom. The summed E-state index contributed by atoms with van der Waals surface area (Å²) in [6, 6.07) is 4.81. The Kier molecular flexibility index (Phi) is 6.85. The lowest BCUT2D eigenvalue weighted by Crippen LogP contribution is -2.09. The van der Waals surface area contributed by atoms with E-state index < -0.39 is 0 Å². The largest absolute Gasteiger partial charge is 0.0625 e. The Balaban J connectivity index is 3.21. The summed E-state index contributed by atoms with van der Waals surface area (Å²) in [5, 5.41) is 0. The maximum Gasteiger partial charge on any atom is 0.0135 e. The second-order valence-electron chi connectivity index (χ2n) is 7.00. The molecule has 0 bridgehead atoms. The first kappa shape index (κ1) is 17.0. The first-order chi connectivity index (χ1) is 8.79. The van der Waals surface area contributed by atoms with E-state index in [2.05, 4.69) is 76.3 Å². The Bertz CT molecular complexity index is 371. The average Bonchev–Trinajstić information content (AvgIpc) is 2.20. The minimum Gasteiger partial charge on any atom is -0.0625 e. The van der Waals surface area contributed by atoms with Gasteiger partial charge in [0.15, 0.2) is 0 Å². The van der Waals surface area contributed by atoms with Crippen molar-refractivity contribution >= 4 is 22.6 Å². The first-order valence-corrected chi connectivity index (χ1v) is 8.67. The summed E-state index contributed by atoms with van der Waals surface area (Å²) in [6.07, 6.45) is 3.65. The number of rotatable bonds is 6. The Hall–Kier alpha value is -0.0500. The third kappa shape index (κ3) is 5.85. The van der Waals surface area contributed by atoms with Crippen molar-refractivity contribution < 1.29 is 0 Å². The van der Waals surface area contributed by atoms with Crippen LogP contribution in [0.25, 0.3) is 0 Å². The fraction of sp³-hybridized carbons (Fsp3) is 0.667. The zero-order valence-corrected chi connectivity index (χ0v) is 15.5. The smallest absolute Gasteiger partial charge is 0.0135 e. The summed E-state index contributed by atoms with van der Waals surface area (Å²) in [7, 11) is 0. The first-order valence-electron chi connectivity index (χ1n) is 7.59. The molecule has 1 rings (SSSR count). The van der Waals surface area contributed by atoms with Crippen molar-refractivity contribution in [2.75, 3.05) is 0 Å². The molecule has 0 aliphatic rings. The van der Waals surface area contributed by atoms with E-state index in [0.717, 1.165) is 17.8 Å².